The Labute approximate surface area is 124 Å². The Morgan fingerprint density at radius 2 is 2.28 bits per heavy atom. The SMILES string of the molecule is CCC(C)N1C(N)=NCC1c1ncc(Br)cc1Br. The standard InChI is InChI=1S/C12H16Br2N4/c1-3-7(2)18-10(6-17-12(18)15)11-9(14)4-8(13)5-16-11/h4-5,7,10H,3,6H2,1-2H3,(H2,15,17). The molecule has 1 aromatic rings. The van der Waals surface area contributed by atoms with E-state index < -0.39 is 0 Å². The molecule has 18 heavy (non-hydrogen) atoms. The molecule has 0 bridgehead atoms. The molecule has 98 valence electrons. The lowest BCUT2D eigenvalue weighted by atomic mass is 10.1. The van der Waals surface area contributed by atoms with Crippen LogP contribution in [0.5, 0.6) is 0 Å². The van der Waals surface area contributed by atoms with Gasteiger partial charge < -0.3 is 10.6 Å². The number of guanidine groups is 1. The van der Waals surface area contributed by atoms with E-state index in [0.717, 1.165) is 21.1 Å². The highest BCUT2D eigenvalue weighted by Gasteiger charge is 2.32. The average molecular weight is 376 g/mol. The third-order valence-corrected chi connectivity index (χ3v) is 4.31. The van der Waals surface area contributed by atoms with E-state index in [-0.39, 0.29) is 6.04 Å². The first kappa shape index (κ1) is 13.8. The van der Waals surface area contributed by atoms with Crippen LogP contribution in [0, 0.1) is 0 Å². The molecule has 0 radical (unpaired) electrons. The molecule has 0 saturated heterocycles. The molecule has 0 saturated carbocycles. The van der Waals surface area contributed by atoms with Gasteiger partial charge in [0.05, 0.1) is 18.3 Å². The lowest BCUT2D eigenvalue weighted by Crippen LogP contribution is -2.42. The minimum Gasteiger partial charge on any atom is -0.370 e. The maximum absolute atomic E-state index is 5.99. The summed E-state index contributed by atoms with van der Waals surface area (Å²) in [5.41, 5.74) is 6.98. The first-order chi connectivity index (χ1) is 8.54. The van der Waals surface area contributed by atoms with Crippen molar-refractivity contribution in [1.29, 1.82) is 0 Å². The summed E-state index contributed by atoms with van der Waals surface area (Å²) >= 11 is 6.98. The summed E-state index contributed by atoms with van der Waals surface area (Å²) in [7, 11) is 0. The lowest BCUT2D eigenvalue weighted by Gasteiger charge is -2.31. The fraction of sp³-hybridized carbons (Fsp3) is 0.500. The number of pyridine rings is 1. The highest BCUT2D eigenvalue weighted by Crippen LogP contribution is 2.32. The average Bonchev–Trinajstić information content (AvgIpc) is 2.70. The van der Waals surface area contributed by atoms with Gasteiger partial charge in [0, 0.05) is 21.2 Å². The first-order valence-electron chi connectivity index (χ1n) is 5.93. The summed E-state index contributed by atoms with van der Waals surface area (Å²) in [5.74, 6) is 0.617. The predicted octanol–water partition coefficient (Wildman–Crippen LogP) is 3.08. The minimum atomic E-state index is 0.127. The lowest BCUT2D eigenvalue weighted by molar-refractivity contribution is 0.263. The molecule has 2 heterocycles. The van der Waals surface area contributed by atoms with Gasteiger partial charge >= 0.3 is 0 Å². The topological polar surface area (TPSA) is 54.5 Å². The number of hydrogen-bond acceptors (Lipinski definition) is 4. The van der Waals surface area contributed by atoms with Crippen LogP contribution in [-0.4, -0.2) is 28.4 Å². The van der Waals surface area contributed by atoms with E-state index >= 15 is 0 Å². The van der Waals surface area contributed by atoms with Crippen molar-refractivity contribution in [3.63, 3.8) is 0 Å². The van der Waals surface area contributed by atoms with Gasteiger partial charge in [-0.2, -0.15) is 0 Å². The Morgan fingerprint density at radius 1 is 1.56 bits per heavy atom. The number of nitrogens with two attached hydrogens (primary N) is 1. The zero-order valence-electron chi connectivity index (χ0n) is 10.4. The number of rotatable bonds is 3. The van der Waals surface area contributed by atoms with Gasteiger partial charge in [0.15, 0.2) is 5.96 Å². The van der Waals surface area contributed by atoms with Gasteiger partial charge in [-0.25, -0.2) is 0 Å². The van der Waals surface area contributed by atoms with Crippen LogP contribution in [0.3, 0.4) is 0 Å². The van der Waals surface area contributed by atoms with Crippen LogP contribution in [0.25, 0.3) is 0 Å². The van der Waals surface area contributed by atoms with Crippen LogP contribution in [0.1, 0.15) is 32.0 Å². The van der Waals surface area contributed by atoms with E-state index in [4.69, 9.17) is 5.73 Å². The maximum Gasteiger partial charge on any atom is 0.192 e. The van der Waals surface area contributed by atoms with Crippen LogP contribution in [0.15, 0.2) is 26.2 Å². The van der Waals surface area contributed by atoms with Gasteiger partial charge in [-0.3, -0.25) is 9.98 Å². The second-order valence-corrected chi connectivity index (χ2v) is 6.17. The molecule has 0 aromatic carbocycles. The highest BCUT2D eigenvalue weighted by molar-refractivity contribution is 9.11. The quantitative estimate of drug-likeness (QED) is 0.883. The van der Waals surface area contributed by atoms with Crippen LogP contribution >= 0.6 is 31.9 Å². The molecule has 1 aliphatic heterocycles. The molecule has 6 heteroatoms. The second-order valence-electron chi connectivity index (χ2n) is 4.40. The van der Waals surface area contributed by atoms with E-state index in [1.165, 1.54) is 0 Å². The molecule has 0 amide bonds. The predicted molar refractivity (Wildman–Crippen MR) is 80.5 cm³/mol. The molecular weight excluding hydrogens is 360 g/mol. The van der Waals surface area contributed by atoms with Gasteiger partial charge in [-0.1, -0.05) is 6.92 Å². The summed E-state index contributed by atoms with van der Waals surface area (Å²) in [6, 6.07) is 2.49. The molecule has 2 unspecified atom stereocenters. The largest absolute Gasteiger partial charge is 0.370 e. The molecule has 2 atom stereocenters. The summed E-state index contributed by atoms with van der Waals surface area (Å²) in [4.78, 5) is 11.0. The molecular formula is C12H16Br2N4. The Bertz CT molecular complexity index is 475. The van der Waals surface area contributed by atoms with E-state index in [1.807, 2.05) is 12.3 Å². The van der Waals surface area contributed by atoms with Crippen LogP contribution < -0.4 is 5.73 Å². The van der Waals surface area contributed by atoms with Crippen molar-refractivity contribution < 1.29 is 0 Å². The Kier molecular flexibility index (Phi) is 4.27. The van der Waals surface area contributed by atoms with Crippen LogP contribution in [-0.2, 0) is 0 Å². The van der Waals surface area contributed by atoms with Gasteiger partial charge in [-0.05, 0) is 51.3 Å². The summed E-state index contributed by atoms with van der Waals surface area (Å²) in [6.07, 6.45) is 2.84. The van der Waals surface area contributed by atoms with Crippen molar-refractivity contribution in [2.75, 3.05) is 6.54 Å². The van der Waals surface area contributed by atoms with Crippen molar-refractivity contribution in [1.82, 2.24) is 9.88 Å². The van der Waals surface area contributed by atoms with Gasteiger partial charge in [-0.15, -0.1) is 0 Å². The summed E-state index contributed by atoms with van der Waals surface area (Å²) in [5, 5.41) is 0. The fourth-order valence-corrected chi connectivity index (χ4v) is 3.38. The fourth-order valence-electron chi connectivity index (χ4n) is 2.13. The van der Waals surface area contributed by atoms with E-state index in [1.54, 1.807) is 0 Å². The van der Waals surface area contributed by atoms with Crippen molar-refractivity contribution in [3.05, 3.63) is 26.9 Å². The molecule has 0 spiro atoms. The number of aromatic nitrogens is 1. The molecule has 2 N–H and O–H groups in total. The Morgan fingerprint density at radius 3 is 2.89 bits per heavy atom. The molecule has 0 aliphatic carbocycles. The van der Waals surface area contributed by atoms with E-state index in [9.17, 15) is 0 Å². The second kappa shape index (κ2) is 5.57. The van der Waals surface area contributed by atoms with E-state index in [2.05, 4.69) is 60.6 Å². The third kappa shape index (κ3) is 2.54. The smallest absolute Gasteiger partial charge is 0.192 e. The zero-order valence-corrected chi connectivity index (χ0v) is 13.6. The van der Waals surface area contributed by atoms with Gasteiger partial charge in [0.2, 0.25) is 0 Å². The molecule has 0 fully saturated rings. The molecule has 1 aromatic heterocycles. The van der Waals surface area contributed by atoms with Crippen molar-refractivity contribution in [2.45, 2.75) is 32.4 Å². The third-order valence-electron chi connectivity index (χ3n) is 3.24. The zero-order chi connectivity index (χ0) is 13.3. The van der Waals surface area contributed by atoms with Gasteiger partial charge in [0.25, 0.3) is 0 Å². The van der Waals surface area contributed by atoms with Crippen molar-refractivity contribution in [3.8, 4) is 0 Å². The summed E-state index contributed by atoms with van der Waals surface area (Å²) in [6.45, 7) is 4.98. The van der Waals surface area contributed by atoms with Crippen molar-refractivity contribution >= 4 is 37.8 Å². The maximum atomic E-state index is 5.99. The minimum absolute atomic E-state index is 0.127. The number of halogens is 2. The molecule has 4 nitrogen and oxygen atoms in total. The molecule has 1 aliphatic rings. The number of aliphatic imine (C=N–C) groups is 1. The van der Waals surface area contributed by atoms with Crippen LogP contribution in [0.4, 0.5) is 0 Å². The Balaban J connectivity index is 2.33. The highest BCUT2D eigenvalue weighted by atomic mass is 79.9. The first-order valence-corrected chi connectivity index (χ1v) is 7.52. The number of hydrogen-bond donors (Lipinski definition) is 1. The molecule has 2 rings (SSSR count). The normalized spacial score (nSPS) is 21.0. The number of nitrogens with zero attached hydrogens (tertiary/aromatic N) is 3. The van der Waals surface area contributed by atoms with Gasteiger partial charge in [0.1, 0.15) is 0 Å². The van der Waals surface area contributed by atoms with E-state index in [0.29, 0.717) is 18.5 Å². The Hall–Kier alpha value is -0.620. The van der Waals surface area contributed by atoms with Crippen molar-refractivity contribution in [2.24, 2.45) is 10.7 Å². The monoisotopic (exact) mass is 374 g/mol. The van der Waals surface area contributed by atoms with Crippen LogP contribution in [0.2, 0.25) is 0 Å². The summed E-state index contributed by atoms with van der Waals surface area (Å²) < 4.78 is 1.94.